The third kappa shape index (κ3) is 7.53. The van der Waals surface area contributed by atoms with E-state index in [1.54, 1.807) is 0 Å². The first-order valence-electron chi connectivity index (χ1n) is 7.42. The van der Waals surface area contributed by atoms with Crippen LogP contribution in [0.2, 0.25) is 0 Å². The summed E-state index contributed by atoms with van der Waals surface area (Å²) in [7, 11) is 0. The fourth-order valence-electron chi connectivity index (χ4n) is 2.53. The first-order valence-corrected chi connectivity index (χ1v) is 7.42. The van der Waals surface area contributed by atoms with Crippen molar-refractivity contribution in [3.05, 3.63) is 0 Å². The predicted octanol–water partition coefficient (Wildman–Crippen LogP) is 2.25. The molecule has 0 radical (unpaired) electrons. The van der Waals surface area contributed by atoms with Crippen LogP contribution in [0.3, 0.4) is 0 Å². The topological polar surface area (TPSA) is 58.6 Å². The van der Waals surface area contributed by atoms with Gasteiger partial charge in [-0.15, -0.1) is 0 Å². The largest absolute Gasteiger partial charge is 0.394 e. The summed E-state index contributed by atoms with van der Waals surface area (Å²) in [5.74, 6) is 0.0254. The summed E-state index contributed by atoms with van der Waals surface area (Å²) < 4.78 is 5.61. The van der Waals surface area contributed by atoms with Crippen LogP contribution in [0.1, 0.15) is 59.3 Å². The molecule has 0 aromatic heterocycles. The maximum Gasteiger partial charge on any atom is 0.220 e. The molecule has 1 rings (SSSR count). The van der Waals surface area contributed by atoms with Crippen molar-refractivity contribution >= 4 is 5.91 Å². The average Bonchev–Trinajstić information content (AvgIpc) is 2.35. The Morgan fingerprint density at radius 3 is 2.68 bits per heavy atom. The van der Waals surface area contributed by atoms with Crippen molar-refractivity contribution in [3.8, 4) is 0 Å². The molecule has 1 heterocycles. The second-order valence-corrected chi connectivity index (χ2v) is 6.74. The van der Waals surface area contributed by atoms with Crippen LogP contribution in [-0.4, -0.2) is 36.4 Å². The van der Waals surface area contributed by atoms with E-state index >= 15 is 0 Å². The van der Waals surface area contributed by atoms with Crippen LogP contribution in [0.15, 0.2) is 0 Å². The Kier molecular flexibility index (Phi) is 6.80. The monoisotopic (exact) mass is 271 g/mol. The van der Waals surface area contributed by atoms with E-state index in [-0.39, 0.29) is 30.1 Å². The number of hydrogen-bond acceptors (Lipinski definition) is 3. The lowest BCUT2D eigenvalue weighted by Crippen LogP contribution is -2.40. The Morgan fingerprint density at radius 1 is 1.42 bits per heavy atom. The molecule has 1 aliphatic heterocycles. The van der Waals surface area contributed by atoms with Crippen LogP contribution >= 0.6 is 0 Å². The molecule has 0 aromatic carbocycles. The van der Waals surface area contributed by atoms with Gasteiger partial charge in [-0.3, -0.25) is 4.79 Å². The van der Waals surface area contributed by atoms with E-state index in [4.69, 9.17) is 4.74 Å². The molecule has 0 aromatic rings. The van der Waals surface area contributed by atoms with Crippen molar-refractivity contribution in [2.45, 2.75) is 71.4 Å². The van der Waals surface area contributed by atoms with Crippen molar-refractivity contribution in [3.63, 3.8) is 0 Å². The van der Waals surface area contributed by atoms with E-state index in [1.807, 2.05) is 0 Å². The molecular weight excluding hydrogens is 242 g/mol. The minimum Gasteiger partial charge on any atom is -0.394 e. The highest BCUT2D eigenvalue weighted by molar-refractivity contribution is 5.76. The molecule has 1 amide bonds. The molecule has 0 aliphatic carbocycles. The minimum atomic E-state index is -0.139. The molecule has 4 nitrogen and oxygen atoms in total. The van der Waals surface area contributed by atoms with Crippen LogP contribution in [0.4, 0.5) is 0 Å². The lowest BCUT2D eigenvalue weighted by molar-refractivity contribution is -0.123. The average molecular weight is 271 g/mol. The third-order valence-corrected chi connectivity index (χ3v) is 3.41. The lowest BCUT2D eigenvalue weighted by atomic mass is 9.88. The van der Waals surface area contributed by atoms with Gasteiger partial charge in [-0.05, 0) is 37.5 Å². The zero-order chi connectivity index (χ0) is 14.3. The number of nitrogens with one attached hydrogen (secondary N) is 1. The number of hydrogen-bond donors (Lipinski definition) is 2. The normalized spacial score (nSPS) is 22.0. The van der Waals surface area contributed by atoms with Gasteiger partial charge in [0.05, 0.1) is 18.8 Å². The summed E-state index contributed by atoms with van der Waals surface area (Å²) in [5, 5.41) is 12.2. The van der Waals surface area contributed by atoms with E-state index < -0.39 is 0 Å². The number of rotatable bonds is 6. The summed E-state index contributed by atoms with van der Waals surface area (Å²) in [6, 6.07) is -0.139. The fourth-order valence-corrected chi connectivity index (χ4v) is 2.53. The number of aliphatic hydroxyl groups excluding tert-OH is 1. The van der Waals surface area contributed by atoms with Gasteiger partial charge in [0, 0.05) is 13.0 Å². The number of amides is 1. The van der Waals surface area contributed by atoms with Crippen molar-refractivity contribution in [1.29, 1.82) is 0 Å². The van der Waals surface area contributed by atoms with Gasteiger partial charge in [0.25, 0.3) is 0 Å². The minimum absolute atomic E-state index is 0.00292. The molecule has 2 unspecified atom stereocenters. The summed E-state index contributed by atoms with van der Waals surface area (Å²) in [6.07, 6.45) is 5.73. The quantitative estimate of drug-likeness (QED) is 0.779. The Balaban J connectivity index is 2.24. The summed E-state index contributed by atoms with van der Waals surface area (Å²) >= 11 is 0. The maximum atomic E-state index is 11.9. The van der Waals surface area contributed by atoms with Crippen molar-refractivity contribution in [2.75, 3.05) is 13.2 Å². The molecule has 1 fully saturated rings. The number of carbonyl (C=O) groups is 1. The Labute approximate surface area is 116 Å². The molecule has 0 spiro atoms. The molecule has 0 saturated carbocycles. The van der Waals surface area contributed by atoms with Gasteiger partial charge < -0.3 is 15.2 Å². The van der Waals surface area contributed by atoms with Crippen LogP contribution < -0.4 is 5.32 Å². The van der Waals surface area contributed by atoms with Gasteiger partial charge in [-0.25, -0.2) is 0 Å². The van der Waals surface area contributed by atoms with Gasteiger partial charge >= 0.3 is 0 Å². The summed E-state index contributed by atoms with van der Waals surface area (Å²) in [4.78, 5) is 11.9. The lowest BCUT2D eigenvalue weighted by Gasteiger charge is -2.26. The van der Waals surface area contributed by atoms with E-state index in [0.717, 1.165) is 32.3 Å². The third-order valence-electron chi connectivity index (χ3n) is 3.41. The molecule has 1 aliphatic rings. The molecule has 2 atom stereocenters. The van der Waals surface area contributed by atoms with Crippen LogP contribution in [0, 0.1) is 5.41 Å². The Hall–Kier alpha value is -0.610. The van der Waals surface area contributed by atoms with Crippen molar-refractivity contribution in [1.82, 2.24) is 5.32 Å². The first-order chi connectivity index (χ1) is 8.90. The second-order valence-electron chi connectivity index (χ2n) is 6.74. The van der Waals surface area contributed by atoms with Gasteiger partial charge in [-0.1, -0.05) is 20.8 Å². The highest BCUT2D eigenvalue weighted by atomic mass is 16.5. The molecule has 1 saturated heterocycles. The van der Waals surface area contributed by atoms with Gasteiger partial charge in [0.2, 0.25) is 5.91 Å². The first kappa shape index (κ1) is 16.4. The van der Waals surface area contributed by atoms with Gasteiger partial charge in [-0.2, -0.15) is 0 Å². The highest BCUT2D eigenvalue weighted by Gasteiger charge is 2.21. The molecule has 4 heteroatoms. The van der Waals surface area contributed by atoms with E-state index in [9.17, 15) is 9.90 Å². The molecule has 19 heavy (non-hydrogen) atoms. The molecule has 0 bridgehead atoms. The maximum absolute atomic E-state index is 11.9. The zero-order valence-electron chi connectivity index (χ0n) is 12.6. The Morgan fingerprint density at radius 2 is 2.16 bits per heavy atom. The van der Waals surface area contributed by atoms with Crippen LogP contribution in [0.5, 0.6) is 0 Å². The number of carbonyl (C=O) groups excluding carboxylic acids is 1. The van der Waals surface area contributed by atoms with Gasteiger partial charge in [0.15, 0.2) is 0 Å². The van der Waals surface area contributed by atoms with E-state index in [1.165, 1.54) is 6.42 Å². The van der Waals surface area contributed by atoms with Crippen molar-refractivity contribution < 1.29 is 14.6 Å². The van der Waals surface area contributed by atoms with Crippen molar-refractivity contribution in [2.24, 2.45) is 5.41 Å². The van der Waals surface area contributed by atoms with E-state index in [2.05, 4.69) is 26.1 Å². The zero-order valence-corrected chi connectivity index (χ0v) is 12.6. The standard InChI is InChI=1S/C15H29NO3/c1-15(2,3)10-12(11-17)16-14(18)8-7-13-6-4-5-9-19-13/h12-13,17H,4-11H2,1-3H3,(H,16,18). The van der Waals surface area contributed by atoms with Gasteiger partial charge in [0.1, 0.15) is 0 Å². The fraction of sp³-hybridized carbons (Fsp3) is 0.933. The number of aliphatic hydroxyl groups is 1. The molecular formula is C15H29NO3. The van der Waals surface area contributed by atoms with E-state index in [0.29, 0.717) is 6.42 Å². The summed E-state index contributed by atoms with van der Waals surface area (Å²) in [6.45, 7) is 7.16. The number of ether oxygens (including phenoxy) is 1. The molecule has 2 N–H and O–H groups in total. The van der Waals surface area contributed by atoms with Crippen LogP contribution in [0.25, 0.3) is 0 Å². The molecule has 112 valence electrons. The van der Waals surface area contributed by atoms with Crippen LogP contribution in [-0.2, 0) is 9.53 Å². The summed E-state index contributed by atoms with van der Waals surface area (Å²) in [5.41, 5.74) is 0.104. The highest BCUT2D eigenvalue weighted by Crippen LogP contribution is 2.21. The second kappa shape index (κ2) is 7.85. The smallest absolute Gasteiger partial charge is 0.220 e. The Bertz CT molecular complexity index is 267. The SMILES string of the molecule is CC(C)(C)CC(CO)NC(=O)CCC1CCCCO1. The predicted molar refractivity (Wildman–Crippen MR) is 75.9 cm³/mol.